The lowest BCUT2D eigenvalue weighted by atomic mass is 9.84. The van der Waals surface area contributed by atoms with Crippen LogP contribution in [0.5, 0.6) is 0 Å². The Morgan fingerprint density at radius 2 is 1.72 bits per heavy atom. The van der Waals surface area contributed by atoms with Crippen LogP contribution in [0, 0.1) is 0 Å². The van der Waals surface area contributed by atoms with Crippen molar-refractivity contribution in [1.82, 2.24) is 20.1 Å². The summed E-state index contributed by atoms with van der Waals surface area (Å²) in [6.45, 7) is 3.82. The monoisotopic (exact) mass is 391 g/mol. The first-order valence-electron chi connectivity index (χ1n) is 10.2. The third-order valence-electron chi connectivity index (χ3n) is 6.62. The van der Waals surface area contributed by atoms with Crippen LogP contribution in [-0.2, 0) is 4.79 Å². The third-order valence-corrected chi connectivity index (χ3v) is 6.62. The number of rotatable bonds is 3. The maximum absolute atomic E-state index is 12.8. The number of carbonyl (C=O) groups is 2. The van der Waals surface area contributed by atoms with E-state index in [2.05, 4.69) is 32.2 Å². The summed E-state index contributed by atoms with van der Waals surface area (Å²) in [7, 11) is 0. The molecule has 5 rings (SSSR count). The molecule has 3 saturated heterocycles. The van der Waals surface area contributed by atoms with Gasteiger partial charge in [0.25, 0.3) is 5.91 Å². The molecule has 1 spiro atoms. The first kappa shape index (κ1) is 18.1. The Morgan fingerprint density at radius 3 is 2.41 bits per heavy atom. The molecule has 3 aliphatic heterocycles. The van der Waals surface area contributed by atoms with E-state index in [1.807, 2.05) is 23.1 Å². The van der Waals surface area contributed by atoms with Crippen molar-refractivity contribution in [2.24, 2.45) is 0 Å². The highest BCUT2D eigenvalue weighted by atomic mass is 16.2. The number of aromatic nitrogens is 1. The number of benzene rings is 1. The largest absolute Gasteiger partial charge is 0.339 e. The van der Waals surface area contributed by atoms with Crippen LogP contribution in [0.25, 0.3) is 0 Å². The van der Waals surface area contributed by atoms with Crippen LogP contribution in [0.1, 0.15) is 23.2 Å². The maximum atomic E-state index is 12.8. The number of anilines is 1. The minimum atomic E-state index is -0.450. The second kappa shape index (κ2) is 7.15. The predicted molar refractivity (Wildman–Crippen MR) is 109 cm³/mol. The number of nitrogens with one attached hydrogen (secondary N) is 1. The van der Waals surface area contributed by atoms with E-state index in [0.29, 0.717) is 18.3 Å². The molecule has 3 fully saturated rings. The van der Waals surface area contributed by atoms with E-state index in [1.54, 1.807) is 24.5 Å². The minimum absolute atomic E-state index is 0.0718. The average molecular weight is 391 g/mol. The number of carbonyl (C=O) groups excluding carboxylic acids is 2. The molecule has 7 nitrogen and oxygen atoms in total. The van der Waals surface area contributed by atoms with Crippen LogP contribution in [-0.4, -0.2) is 71.0 Å². The average Bonchev–Trinajstić information content (AvgIpc) is 3.05. The van der Waals surface area contributed by atoms with Gasteiger partial charge in [-0.25, -0.2) is 0 Å². The Hall–Kier alpha value is -2.93. The first-order valence-corrected chi connectivity index (χ1v) is 10.2. The summed E-state index contributed by atoms with van der Waals surface area (Å²) in [5, 5.41) is 3.05. The second-order valence-corrected chi connectivity index (χ2v) is 8.09. The summed E-state index contributed by atoms with van der Waals surface area (Å²) in [6, 6.07) is 14.1. The van der Waals surface area contributed by atoms with Gasteiger partial charge >= 0.3 is 0 Å². The second-order valence-electron chi connectivity index (χ2n) is 8.09. The molecule has 150 valence electrons. The lowest BCUT2D eigenvalue weighted by Crippen LogP contribution is -2.65. The van der Waals surface area contributed by atoms with Gasteiger partial charge in [-0.05, 0) is 37.1 Å². The smallest absolute Gasteiger partial charge is 0.254 e. The van der Waals surface area contributed by atoms with E-state index in [-0.39, 0.29) is 11.8 Å². The van der Waals surface area contributed by atoms with Crippen molar-refractivity contribution in [3.05, 3.63) is 60.4 Å². The Bertz CT molecular complexity index is 890. The fourth-order valence-electron chi connectivity index (χ4n) is 4.82. The molecule has 1 N–H and O–H groups in total. The molecule has 0 aliphatic carbocycles. The van der Waals surface area contributed by atoms with Gasteiger partial charge in [-0.3, -0.25) is 19.5 Å². The molecule has 0 bridgehead atoms. The molecule has 1 aromatic heterocycles. The van der Waals surface area contributed by atoms with E-state index in [1.165, 1.54) is 0 Å². The van der Waals surface area contributed by atoms with Crippen LogP contribution >= 0.6 is 0 Å². The topological polar surface area (TPSA) is 68.8 Å². The highest BCUT2D eigenvalue weighted by molar-refractivity contribution is 5.95. The number of piperidine rings is 1. The number of amides is 2. The van der Waals surface area contributed by atoms with Crippen molar-refractivity contribution in [3.63, 3.8) is 0 Å². The highest BCUT2D eigenvalue weighted by Crippen LogP contribution is 2.37. The predicted octanol–water partition coefficient (Wildman–Crippen LogP) is 1.33. The Morgan fingerprint density at radius 1 is 1.03 bits per heavy atom. The van der Waals surface area contributed by atoms with E-state index in [0.717, 1.165) is 44.7 Å². The third kappa shape index (κ3) is 3.06. The zero-order valence-electron chi connectivity index (χ0n) is 16.3. The summed E-state index contributed by atoms with van der Waals surface area (Å²) in [5.41, 5.74) is 1.34. The number of nitrogens with zero attached hydrogens (tertiary/aromatic N) is 4. The van der Waals surface area contributed by atoms with E-state index >= 15 is 0 Å². The van der Waals surface area contributed by atoms with Gasteiger partial charge in [-0.1, -0.05) is 18.2 Å². The van der Waals surface area contributed by atoms with Crippen LogP contribution in [0.15, 0.2) is 54.9 Å². The fourth-order valence-corrected chi connectivity index (χ4v) is 4.82. The van der Waals surface area contributed by atoms with E-state index < -0.39 is 5.54 Å². The van der Waals surface area contributed by atoms with Gasteiger partial charge in [0, 0.05) is 55.9 Å². The molecule has 3 aliphatic rings. The molecule has 2 aromatic rings. The normalized spacial score (nSPS) is 21.9. The van der Waals surface area contributed by atoms with E-state index in [9.17, 15) is 9.59 Å². The van der Waals surface area contributed by atoms with Crippen molar-refractivity contribution >= 4 is 17.5 Å². The molecular weight excluding hydrogens is 366 g/mol. The van der Waals surface area contributed by atoms with Gasteiger partial charge in [-0.15, -0.1) is 0 Å². The van der Waals surface area contributed by atoms with Gasteiger partial charge < -0.3 is 15.1 Å². The molecule has 0 atom stereocenters. The van der Waals surface area contributed by atoms with Gasteiger partial charge in [0.1, 0.15) is 5.54 Å². The Balaban J connectivity index is 1.21. The standard InChI is InChI=1S/C22H25N5O2/c28-20(17-6-10-23-11-7-17)26-14-19(15-26)25-12-8-22(9-13-25)21(29)24-16-27(22)18-4-2-1-3-5-18/h1-7,10-11,19H,8-9,12-16H2,(H,24,29). The van der Waals surface area contributed by atoms with Crippen molar-refractivity contribution in [2.75, 3.05) is 37.7 Å². The van der Waals surface area contributed by atoms with Crippen LogP contribution in [0.4, 0.5) is 5.69 Å². The lowest BCUT2D eigenvalue weighted by molar-refractivity contribution is -0.125. The zero-order valence-corrected chi connectivity index (χ0v) is 16.3. The molecule has 4 heterocycles. The van der Waals surface area contributed by atoms with Crippen molar-refractivity contribution < 1.29 is 9.59 Å². The summed E-state index contributed by atoms with van der Waals surface area (Å²) >= 11 is 0. The van der Waals surface area contributed by atoms with Gasteiger partial charge in [0.2, 0.25) is 5.91 Å². The number of hydrogen-bond donors (Lipinski definition) is 1. The van der Waals surface area contributed by atoms with Crippen LogP contribution < -0.4 is 10.2 Å². The van der Waals surface area contributed by atoms with Crippen LogP contribution in [0.2, 0.25) is 0 Å². The lowest BCUT2D eigenvalue weighted by Gasteiger charge is -2.50. The van der Waals surface area contributed by atoms with Crippen molar-refractivity contribution in [2.45, 2.75) is 24.4 Å². The molecule has 1 aromatic carbocycles. The van der Waals surface area contributed by atoms with Crippen molar-refractivity contribution in [1.29, 1.82) is 0 Å². The number of likely N-dealkylation sites (tertiary alicyclic amines) is 2. The number of hydrogen-bond acceptors (Lipinski definition) is 5. The zero-order chi connectivity index (χ0) is 19.8. The molecule has 0 radical (unpaired) electrons. The molecule has 2 amide bonds. The van der Waals surface area contributed by atoms with Gasteiger partial charge in [-0.2, -0.15) is 0 Å². The van der Waals surface area contributed by atoms with Crippen LogP contribution in [0.3, 0.4) is 0 Å². The Kier molecular flexibility index (Phi) is 4.47. The van der Waals surface area contributed by atoms with Crippen molar-refractivity contribution in [3.8, 4) is 0 Å². The molecule has 7 heteroatoms. The summed E-state index contributed by atoms with van der Waals surface area (Å²) in [6.07, 6.45) is 4.92. The SMILES string of the molecule is O=C(c1ccncc1)N1CC(N2CCC3(CC2)C(=O)NCN3c2ccccc2)C1. The first-order chi connectivity index (χ1) is 14.2. The van der Waals surface area contributed by atoms with E-state index in [4.69, 9.17) is 0 Å². The summed E-state index contributed by atoms with van der Waals surface area (Å²) < 4.78 is 0. The highest BCUT2D eigenvalue weighted by Gasteiger charge is 2.51. The Labute approximate surface area is 170 Å². The quantitative estimate of drug-likeness (QED) is 0.855. The number of pyridine rings is 1. The molecule has 0 unspecified atom stereocenters. The number of para-hydroxylation sites is 1. The summed E-state index contributed by atoms with van der Waals surface area (Å²) in [4.78, 5) is 35.8. The summed E-state index contributed by atoms with van der Waals surface area (Å²) in [5.74, 6) is 0.214. The van der Waals surface area contributed by atoms with Gasteiger partial charge in [0.15, 0.2) is 0 Å². The minimum Gasteiger partial charge on any atom is -0.339 e. The molecule has 29 heavy (non-hydrogen) atoms. The van der Waals surface area contributed by atoms with Gasteiger partial charge in [0.05, 0.1) is 6.67 Å². The fraction of sp³-hybridized carbons (Fsp3) is 0.409. The maximum Gasteiger partial charge on any atom is 0.254 e. The molecule has 0 saturated carbocycles. The molecular formula is C22H25N5O2.